The topological polar surface area (TPSA) is 80.9 Å². The Kier molecular flexibility index (Phi) is 8.13. The van der Waals surface area contributed by atoms with Gasteiger partial charge in [-0.3, -0.25) is 10.1 Å². The number of hydrogen-bond acceptors (Lipinski definition) is 5. The minimum Gasteiger partial charge on any atom is -0.329 e. The van der Waals surface area contributed by atoms with Crippen LogP contribution >= 0.6 is 23.7 Å². The summed E-state index contributed by atoms with van der Waals surface area (Å²) in [5.74, 6) is -0.0470. The number of rotatable bonds is 7. The Morgan fingerprint density at radius 2 is 1.95 bits per heavy atom. The number of nitrogens with one attached hydrogen (secondary N) is 1. The molecule has 0 aliphatic carbocycles. The number of amides is 1. The van der Waals surface area contributed by atoms with Gasteiger partial charge in [-0.05, 0) is 19.3 Å². The fourth-order valence-corrected chi connectivity index (χ4v) is 2.64. The maximum absolute atomic E-state index is 12.2. The van der Waals surface area contributed by atoms with Crippen molar-refractivity contribution in [2.24, 2.45) is 11.1 Å². The predicted octanol–water partition coefficient (Wildman–Crippen LogP) is 2.62. The molecule has 0 aliphatic heterocycles. The first kappa shape index (κ1) is 18.3. The van der Waals surface area contributed by atoms with Gasteiger partial charge in [0.05, 0.1) is 5.41 Å². The van der Waals surface area contributed by atoms with E-state index in [0.717, 1.165) is 30.7 Å². The van der Waals surface area contributed by atoms with Gasteiger partial charge in [0.2, 0.25) is 11.0 Å². The van der Waals surface area contributed by atoms with Gasteiger partial charge in [-0.2, -0.15) is 0 Å². The van der Waals surface area contributed by atoms with Crippen molar-refractivity contribution >= 4 is 34.8 Å². The van der Waals surface area contributed by atoms with Crippen molar-refractivity contribution in [1.82, 2.24) is 10.2 Å². The van der Waals surface area contributed by atoms with Gasteiger partial charge in [-0.1, -0.05) is 32.1 Å². The summed E-state index contributed by atoms with van der Waals surface area (Å²) >= 11 is 1.44. The summed E-state index contributed by atoms with van der Waals surface area (Å²) in [5.41, 5.74) is 5.25. The number of carbonyl (C=O) groups is 1. The van der Waals surface area contributed by atoms with Crippen LogP contribution in [0.4, 0.5) is 5.13 Å². The third kappa shape index (κ3) is 4.40. The van der Waals surface area contributed by atoms with Crippen LogP contribution in [-0.2, 0) is 11.2 Å². The molecule has 0 unspecified atom stereocenters. The standard InChI is InChI=1S/C12H22N4OS.ClH/c1-4-7-9-15-16-11(18-9)14-10(17)12(5-2,6-3)8-13;/h4-8,13H2,1-3H3,(H,14,16,17);1H. The fourth-order valence-electron chi connectivity index (χ4n) is 1.80. The summed E-state index contributed by atoms with van der Waals surface area (Å²) in [5, 5.41) is 12.4. The zero-order valence-electron chi connectivity index (χ0n) is 11.7. The summed E-state index contributed by atoms with van der Waals surface area (Å²) in [7, 11) is 0. The van der Waals surface area contributed by atoms with Crippen molar-refractivity contribution in [3.05, 3.63) is 5.01 Å². The molecule has 1 rings (SSSR count). The van der Waals surface area contributed by atoms with Gasteiger partial charge in [0.15, 0.2) is 0 Å². The van der Waals surface area contributed by atoms with E-state index in [-0.39, 0.29) is 18.3 Å². The quantitative estimate of drug-likeness (QED) is 0.811. The average Bonchev–Trinajstić information content (AvgIpc) is 2.80. The predicted molar refractivity (Wildman–Crippen MR) is 81.9 cm³/mol. The zero-order chi connectivity index (χ0) is 13.6. The smallest absolute Gasteiger partial charge is 0.233 e. The van der Waals surface area contributed by atoms with Crippen molar-refractivity contribution < 1.29 is 4.79 Å². The lowest BCUT2D eigenvalue weighted by Gasteiger charge is -2.27. The van der Waals surface area contributed by atoms with Crippen LogP contribution in [0.3, 0.4) is 0 Å². The van der Waals surface area contributed by atoms with Crippen molar-refractivity contribution in [3.8, 4) is 0 Å². The molecule has 0 radical (unpaired) electrons. The second-order valence-electron chi connectivity index (χ2n) is 4.40. The van der Waals surface area contributed by atoms with E-state index >= 15 is 0 Å². The number of hydrogen-bond donors (Lipinski definition) is 2. The van der Waals surface area contributed by atoms with E-state index in [9.17, 15) is 4.79 Å². The summed E-state index contributed by atoms with van der Waals surface area (Å²) in [4.78, 5) is 12.2. The summed E-state index contributed by atoms with van der Waals surface area (Å²) in [6.45, 7) is 6.41. The summed E-state index contributed by atoms with van der Waals surface area (Å²) < 4.78 is 0. The average molecular weight is 307 g/mol. The highest BCUT2D eigenvalue weighted by atomic mass is 35.5. The van der Waals surface area contributed by atoms with Crippen molar-refractivity contribution in [1.29, 1.82) is 0 Å². The number of nitrogens with zero attached hydrogens (tertiary/aromatic N) is 2. The molecule has 3 N–H and O–H groups in total. The number of aryl methyl sites for hydroxylation is 1. The molecule has 0 aromatic carbocycles. The molecule has 1 aromatic heterocycles. The van der Waals surface area contributed by atoms with E-state index in [1.807, 2.05) is 13.8 Å². The first-order valence-corrected chi connectivity index (χ1v) is 7.27. The first-order chi connectivity index (χ1) is 8.61. The molecule has 0 saturated carbocycles. The SMILES string of the molecule is CCCc1nnc(NC(=O)C(CC)(CC)CN)s1.Cl. The molecular formula is C12H23ClN4OS. The van der Waals surface area contributed by atoms with Gasteiger partial charge < -0.3 is 5.73 Å². The summed E-state index contributed by atoms with van der Waals surface area (Å²) in [6.07, 6.45) is 3.38. The molecule has 1 aromatic rings. The van der Waals surface area contributed by atoms with Crippen molar-refractivity contribution in [3.63, 3.8) is 0 Å². The minimum absolute atomic E-state index is 0. The lowest BCUT2D eigenvalue weighted by molar-refractivity contribution is -0.125. The van der Waals surface area contributed by atoms with Crippen LogP contribution in [0.1, 0.15) is 45.0 Å². The van der Waals surface area contributed by atoms with Crippen molar-refractivity contribution in [2.45, 2.75) is 46.5 Å². The molecule has 1 amide bonds. The highest BCUT2D eigenvalue weighted by molar-refractivity contribution is 7.15. The van der Waals surface area contributed by atoms with Gasteiger partial charge in [-0.15, -0.1) is 22.6 Å². The van der Waals surface area contributed by atoms with Crippen LogP contribution < -0.4 is 11.1 Å². The molecule has 0 bridgehead atoms. The van der Waals surface area contributed by atoms with Crippen LogP contribution in [0.25, 0.3) is 0 Å². The molecule has 110 valence electrons. The molecule has 7 heteroatoms. The van der Waals surface area contributed by atoms with E-state index in [1.165, 1.54) is 11.3 Å². The monoisotopic (exact) mass is 306 g/mol. The van der Waals surface area contributed by atoms with Gasteiger partial charge in [0.25, 0.3) is 0 Å². The minimum atomic E-state index is -0.489. The lowest BCUT2D eigenvalue weighted by Crippen LogP contribution is -2.41. The highest BCUT2D eigenvalue weighted by Crippen LogP contribution is 2.27. The second-order valence-corrected chi connectivity index (χ2v) is 5.46. The van der Waals surface area contributed by atoms with Gasteiger partial charge in [0, 0.05) is 13.0 Å². The first-order valence-electron chi connectivity index (χ1n) is 6.45. The number of halogens is 1. The zero-order valence-corrected chi connectivity index (χ0v) is 13.4. The molecule has 5 nitrogen and oxygen atoms in total. The largest absolute Gasteiger partial charge is 0.329 e. The fraction of sp³-hybridized carbons (Fsp3) is 0.750. The Morgan fingerprint density at radius 1 is 1.32 bits per heavy atom. The Balaban J connectivity index is 0.00000324. The molecule has 19 heavy (non-hydrogen) atoms. The Labute approximate surface area is 124 Å². The van der Waals surface area contributed by atoms with Crippen LogP contribution in [0, 0.1) is 5.41 Å². The summed E-state index contributed by atoms with van der Waals surface area (Å²) in [6, 6.07) is 0. The van der Waals surface area contributed by atoms with Crippen LogP contribution in [0.2, 0.25) is 0 Å². The lowest BCUT2D eigenvalue weighted by atomic mass is 9.81. The number of carbonyl (C=O) groups excluding carboxylic acids is 1. The molecule has 0 atom stereocenters. The molecule has 0 spiro atoms. The molecule has 1 heterocycles. The van der Waals surface area contributed by atoms with Crippen LogP contribution in [0.15, 0.2) is 0 Å². The van der Waals surface area contributed by atoms with Crippen LogP contribution in [0.5, 0.6) is 0 Å². The number of aromatic nitrogens is 2. The van der Waals surface area contributed by atoms with Gasteiger partial charge in [-0.25, -0.2) is 0 Å². The second kappa shape index (κ2) is 8.45. The Morgan fingerprint density at radius 3 is 2.42 bits per heavy atom. The maximum atomic E-state index is 12.2. The normalized spacial score (nSPS) is 10.9. The molecular weight excluding hydrogens is 284 g/mol. The number of anilines is 1. The molecule has 0 fully saturated rings. The number of nitrogens with two attached hydrogens (primary N) is 1. The maximum Gasteiger partial charge on any atom is 0.233 e. The third-order valence-corrected chi connectivity index (χ3v) is 4.28. The van der Waals surface area contributed by atoms with Crippen LogP contribution in [-0.4, -0.2) is 22.6 Å². The Bertz CT molecular complexity index is 385. The van der Waals surface area contributed by atoms with E-state index in [4.69, 9.17) is 5.73 Å². The Hall–Kier alpha value is -0.720. The van der Waals surface area contributed by atoms with Crippen molar-refractivity contribution in [2.75, 3.05) is 11.9 Å². The van der Waals surface area contributed by atoms with E-state index < -0.39 is 5.41 Å². The van der Waals surface area contributed by atoms with Gasteiger partial charge >= 0.3 is 0 Å². The van der Waals surface area contributed by atoms with Gasteiger partial charge in [0.1, 0.15) is 5.01 Å². The van der Waals surface area contributed by atoms with E-state index in [0.29, 0.717) is 11.7 Å². The molecule has 0 saturated heterocycles. The van der Waals surface area contributed by atoms with E-state index in [2.05, 4.69) is 22.4 Å². The van der Waals surface area contributed by atoms with E-state index in [1.54, 1.807) is 0 Å². The third-order valence-electron chi connectivity index (χ3n) is 3.38. The highest BCUT2D eigenvalue weighted by Gasteiger charge is 2.33. The molecule has 0 aliphatic rings.